The molecule has 0 saturated carbocycles. The van der Waals surface area contributed by atoms with Crippen molar-refractivity contribution in [3.05, 3.63) is 29.8 Å². The Kier molecular flexibility index (Phi) is 5.66. The number of rotatable bonds is 5. The Hall–Kier alpha value is -2.24. The van der Waals surface area contributed by atoms with Crippen LogP contribution in [0.4, 0.5) is 0 Å². The number of benzene rings is 1. The fraction of sp³-hybridized carbons (Fsp3) is 0.385. The predicted molar refractivity (Wildman–Crippen MR) is 75.2 cm³/mol. The summed E-state index contributed by atoms with van der Waals surface area (Å²) < 4.78 is 0. The van der Waals surface area contributed by atoms with Crippen molar-refractivity contribution < 1.29 is 9.90 Å². The monoisotopic (exact) mass is 264 g/mol. The van der Waals surface area contributed by atoms with Crippen molar-refractivity contribution in [2.75, 3.05) is 13.1 Å². The molecule has 0 aliphatic heterocycles. The van der Waals surface area contributed by atoms with Crippen molar-refractivity contribution in [3.8, 4) is 5.75 Å². The number of phenolic OH excluding ortho intramolecular Hbond substituents is 1. The van der Waals surface area contributed by atoms with Crippen LogP contribution in [0.25, 0.3) is 0 Å². The van der Waals surface area contributed by atoms with Crippen LogP contribution in [-0.4, -0.2) is 36.1 Å². The standard InChI is InChI=1S/C13H20N4O2/c1-9(2)17-13(14)16-8-7-15-12(19)10-3-5-11(18)6-4-10/h3-6,9,18H,7-8H2,1-2H3,(H,15,19)(H3,14,16,17). The van der Waals surface area contributed by atoms with Gasteiger partial charge in [0.15, 0.2) is 5.96 Å². The molecule has 0 aromatic heterocycles. The summed E-state index contributed by atoms with van der Waals surface area (Å²) in [6.07, 6.45) is 0. The van der Waals surface area contributed by atoms with E-state index >= 15 is 0 Å². The molecule has 0 atom stereocenters. The molecule has 0 heterocycles. The average molecular weight is 264 g/mol. The molecule has 6 heteroatoms. The molecule has 104 valence electrons. The highest BCUT2D eigenvalue weighted by molar-refractivity contribution is 5.94. The van der Waals surface area contributed by atoms with E-state index in [4.69, 9.17) is 10.8 Å². The lowest BCUT2D eigenvalue weighted by atomic mass is 10.2. The predicted octanol–water partition coefficient (Wildman–Crippen LogP) is 0.435. The minimum Gasteiger partial charge on any atom is -0.508 e. The molecule has 1 aromatic rings. The summed E-state index contributed by atoms with van der Waals surface area (Å²) >= 11 is 0. The Bertz CT molecular complexity index is 440. The number of hydrogen-bond acceptors (Lipinski definition) is 3. The third kappa shape index (κ3) is 5.76. The van der Waals surface area contributed by atoms with Crippen molar-refractivity contribution in [1.82, 2.24) is 10.6 Å². The van der Waals surface area contributed by atoms with Crippen LogP contribution < -0.4 is 16.4 Å². The number of phenols is 1. The number of aromatic hydroxyl groups is 1. The lowest BCUT2D eigenvalue weighted by Gasteiger charge is -2.08. The maximum Gasteiger partial charge on any atom is 0.251 e. The van der Waals surface area contributed by atoms with E-state index < -0.39 is 0 Å². The summed E-state index contributed by atoms with van der Waals surface area (Å²) in [5.41, 5.74) is 6.11. The lowest BCUT2D eigenvalue weighted by Crippen LogP contribution is -2.37. The molecule has 6 nitrogen and oxygen atoms in total. The van der Waals surface area contributed by atoms with Crippen LogP contribution in [0.3, 0.4) is 0 Å². The third-order valence-electron chi connectivity index (χ3n) is 2.25. The molecular weight excluding hydrogens is 244 g/mol. The number of nitrogens with two attached hydrogens (primary N) is 1. The van der Waals surface area contributed by atoms with E-state index in [1.807, 2.05) is 13.8 Å². The highest BCUT2D eigenvalue weighted by atomic mass is 16.3. The van der Waals surface area contributed by atoms with E-state index in [1.165, 1.54) is 12.1 Å². The Morgan fingerprint density at radius 2 is 2.00 bits per heavy atom. The van der Waals surface area contributed by atoms with Crippen molar-refractivity contribution in [3.63, 3.8) is 0 Å². The van der Waals surface area contributed by atoms with Gasteiger partial charge in [0.25, 0.3) is 5.91 Å². The highest BCUT2D eigenvalue weighted by Crippen LogP contribution is 2.09. The minimum atomic E-state index is -0.203. The molecule has 5 N–H and O–H groups in total. The van der Waals surface area contributed by atoms with Crippen LogP contribution in [0.2, 0.25) is 0 Å². The first kappa shape index (κ1) is 14.8. The van der Waals surface area contributed by atoms with Crippen LogP contribution >= 0.6 is 0 Å². The molecule has 0 bridgehead atoms. The number of carbonyl (C=O) groups excluding carboxylic acids is 1. The smallest absolute Gasteiger partial charge is 0.251 e. The number of hydrogen-bond donors (Lipinski definition) is 4. The summed E-state index contributed by atoms with van der Waals surface area (Å²) in [5, 5.41) is 14.8. The lowest BCUT2D eigenvalue weighted by molar-refractivity contribution is 0.0955. The highest BCUT2D eigenvalue weighted by Gasteiger charge is 2.03. The van der Waals surface area contributed by atoms with Gasteiger partial charge in [-0.2, -0.15) is 0 Å². The van der Waals surface area contributed by atoms with Crippen LogP contribution in [0, 0.1) is 0 Å². The first-order chi connectivity index (χ1) is 8.99. The van der Waals surface area contributed by atoms with Crippen molar-refractivity contribution in [2.24, 2.45) is 10.7 Å². The zero-order valence-electron chi connectivity index (χ0n) is 11.2. The van der Waals surface area contributed by atoms with Crippen molar-refractivity contribution in [1.29, 1.82) is 0 Å². The largest absolute Gasteiger partial charge is 0.508 e. The fourth-order valence-electron chi connectivity index (χ4n) is 1.40. The Morgan fingerprint density at radius 3 is 2.58 bits per heavy atom. The SMILES string of the molecule is CC(C)NC(N)=NCCNC(=O)c1ccc(O)cc1. The topological polar surface area (TPSA) is 99.7 Å². The third-order valence-corrected chi connectivity index (χ3v) is 2.25. The molecule has 0 saturated heterocycles. The van der Waals surface area contributed by atoms with Crippen LogP contribution in [0.1, 0.15) is 24.2 Å². The van der Waals surface area contributed by atoms with Crippen molar-refractivity contribution >= 4 is 11.9 Å². The van der Waals surface area contributed by atoms with Gasteiger partial charge in [-0.1, -0.05) is 0 Å². The van der Waals surface area contributed by atoms with E-state index in [0.717, 1.165) is 0 Å². The number of nitrogens with one attached hydrogen (secondary N) is 2. The second-order valence-electron chi connectivity index (χ2n) is 4.37. The summed E-state index contributed by atoms with van der Waals surface area (Å²) in [6, 6.07) is 6.29. The Morgan fingerprint density at radius 1 is 1.37 bits per heavy atom. The van der Waals surface area contributed by atoms with Gasteiger partial charge in [0, 0.05) is 18.2 Å². The average Bonchev–Trinajstić information content (AvgIpc) is 2.34. The second kappa shape index (κ2) is 7.25. The Balaban J connectivity index is 2.33. The maximum atomic E-state index is 11.7. The van der Waals surface area contributed by atoms with E-state index in [-0.39, 0.29) is 17.7 Å². The maximum absolute atomic E-state index is 11.7. The van der Waals surface area contributed by atoms with E-state index in [9.17, 15) is 4.79 Å². The molecule has 0 unspecified atom stereocenters. The normalized spacial score (nSPS) is 11.4. The van der Waals surface area contributed by atoms with Gasteiger partial charge in [0.2, 0.25) is 0 Å². The zero-order valence-corrected chi connectivity index (χ0v) is 11.2. The van der Waals surface area contributed by atoms with Gasteiger partial charge in [0.1, 0.15) is 5.75 Å². The molecular formula is C13H20N4O2. The van der Waals surface area contributed by atoms with Gasteiger partial charge in [-0.3, -0.25) is 9.79 Å². The Labute approximate surface area is 112 Å². The van der Waals surface area contributed by atoms with Gasteiger partial charge in [-0.25, -0.2) is 0 Å². The number of guanidine groups is 1. The van der Waals surface area contributed by atoms with Gasteiger partial charge in [-0.15, -0.1) is 0 Å². The second-order valence-corrected chi connectivity index (χ2v) is 4.37. The summed E-state index contributed by atoms with van der Waals surface area (Å²) in [6.45, 7) is 4.75. The molecule has 0 aliphatic carbocycles. The first-order valence-electron chi connectivity index (χ1n) is 6.12. The summed E-state index contributed by atoms with van der Waals surface area (Å²) in [5.74, 6) is 0.299. The number of carbonyl (C=O) groups is 1. The van der Waals surface area contributed by atoms with Crippen LogP contribution in [0.5, 0.6) is 5.75 Å². The van der Waals surface area contributed by atoms with Gasteiger partial charge in [-0.05, 0) is 38.1 Å². The zero-order chi connectivity index (χ0) is 14.3. The number of aliphatic imine (C=N–C) groups is 1. The molecule has 1 rings (SSSR count). The first-order valence-corrected chi connectivity index (χ1v) is 6.12. The number of nitrogens with zero attached hydrogens (tertiary/aromatic N) is 1. The number of amides is 1. The quantitative estimate of drug-likeness (QED) is 0.352. The molecule has 0 fully saturated rings. The van der Waals surface area contributed by atoms with Gasteiger partial charge >= 0.3 is 0 Å². The van der Waals surface area contributed by atoms with Gasteiger partial charge in [0.05, 0.1) is 6.54 Å². The minimum absolute atomic E-state index is 0.133. The molecule has 0 radical (unpaired) electrons. The van der Waals surface area contributed by atoms with E-state index in [1.54, 1.807) is 12.1 Å². The summed E-state index contributed by atoms with van der Waals surface area (Å²) in [7, 11) is 0. The van der Waals surface area contributed by atoms with E-state index in [0.29, 0.717) is 24.6 Å². The molecule has 1 aromatic carbocycles. The van der Waals surface area contributed by atoms with Gasteiger partial charge < -0.3 is 21.5 Å². The molecule has 1 amide bonds. The van der Waals surface area contributed by atoms with Crippen molar-refractivity contribution in [2.45, 2.75) is 19.9 Å². The molecule has 19 heavy (non-hydrogen) atoms. The molecule has 0 spiro atoms. The van der Waals surface area contributed by atoms with Crippen LogP contribution in [-0.2, 0) is 0 Å². The molecule has 0 aliphatic rings. The summed E-state index contributed by atoms with van der Waals surface area (Å²) in [4.78, 5) is 15.8. The van der Waals surface area contributed by atoms with E-state index in [2.05, 4.69) is 15.6 Å². The van der Waals surface area contributed by atoms with Crippen LogP contribution in [0.15, 0.2) is 29.3 Å². The fourth-order valence-corrected chi connectivity index (χ4v) is 1.40.